The maximum absolute atomic E-state index is 9.95. The fourth-order valence-electron chi connectivity index (χ4n) is 1.69. The lowest BCUT2D eigenvalue weighted by molar-refractivity contribution is 0.0184. The molecule has 2 atom stereocenters. The van der Waals surface area contributed by atoms with Crippen LogP contribution < -0.4 is 0 Å². The van der Waals surface area contributed by atoms with E-state index in [9.17, 15) is 10.2 Å². The molecular formula is C12H15N3O2. The molecule has 0 spiro atoms. The summed E-state index contributed by atoms with van der Waals surface area (Å²) in [6.45, 7) is 0. The molecule has 2 N–H and O–H groups in total. The van der Waals surface area contributed by atoms with Gasteiger partial charge in [-0.1, -0.05) is 35.5 Å². The Morgan fingerprint density at radius 3 is 2.53 bits per heavy atom. The van der Waals surface area contributed by atoms with Gasteiger partial charge >= 0.3 is 0 Å². The third-order valence-electron chi connectivity index (χ3n) is 2.57. The van der Waals surface area contributed by atoms with Gasteiger partial charge in [-0.25, -0.2) is 0 Å². The van der Waals surface area contributed by atoms with Crippen molar-refractivity contribution in [3.8, 4) is 0 Å². The van der Waals surface area contributed by atoms with Gasteiger partial charge in [-0.2, -0.15) is 0 Å². The highest BCUT2D eigenvalue weighted by Crippen LogP contribution is 2.18. The zero-order valence-corrected chi connectivity index (χ0v) is 9.56. The molecule has 2 aromatic rings. The van der Waals surface area contributed by atoms with Gasteiger partial charge in [-0.05, 0) is 5.56 Å². The van der Waals surface area contributed by atoms with E-state index < -0.39 is 12.2 Å². The van der Waals surface area contributed by atoms with Gasteiger partial charge in [0.15, 0.2) is 0 Å². The van der Waals surface area contributed by atoms with Crippen LogP contribution in [-0.2, 0) is 13.5 Å². The summed E-state index contributed by atoms with van der Waals surface area (Å²) in [6, 6.07) is 9.08. The second kappa shape index (κ2) is 5.07. The molecule has 0 fully saturated rings. The Morgan fingerprint density at radius 2 is 1.94 bits per heavy atom. The minimum absolute atomic E-state index is 0.282. The Labute approximate surface area is 99.3 Å². The minimum atomic E-state index is -0.904. The first-order valence-electron chi connectivity index (χ1n) is 5.43. The first kappa shape index (κ1) is 11.8. The van der Waals surface area contributed by atoms with E-state index >= 15 is 0 Å². The largest absolute Gasteiger partial charge is 0.390 e. The van der Waals surface area contributed by atoms with Crippen LogP contribution >= 0.6 is 0 Å². The fourth-order valence-corrected chi connectivity index (χ4v) is 1.69. The summed E-state index contributed by atoms with van der Waals surface area (Å²) in [5.74, 6) is 0. The molecule has 2 rings (SSSR count). The van der Waals surface area contributed by atoms with Crippen LogP contribution in [0.1, 0.15) is 17.4 Å². The maximum Gasteiger partial charge on any atom is 0.105 e. The van der Waals surface area contributed by atoms with Crippen molar-refractivity contribution in [2.45, 2.75) is 18.6 Å². The molecule has 1 heterocycles. The molecule has 1 aromatic heterocycles. The third kappa shape index (κ3) is 2.89. The van der Waals surface area contributed by atoms with Gasteiger partial charge in [-0.3, -0.25) is 4.68 Å². The lowest BCUT2D eigenvalue weighted by atomic mass is 10.0. The SMILES string of the molecule is Cn1cc(CC(O)C(O)c2ccccc2)nn1. The van der Waals surface area contributed by atoms with Crippen molar-refractivity contribution >= 4 is 0 Å². The number of aromatic nitrogens is 3. The molecule has 17 heavy (non-hydrogen) atoms. The highest BCUT2D eigenvalue weighted by molar-refractivity contribution is 5.18. The molecular weight excluding hydrogens is 218 g/mol. The predicted octanol–water partition coefficient (Wildman–Crippen LogP) is 0.452. The van der Waals surface area contributed by atoms with Crippen molar-refractivity contribution in [3.05, 3.63) is 47.8 Å². The minimum Gasteiger partial charge on any atom is -0.390 e. The number of aryl methyl sites for hydroxylation is 1. The molecule has 0 saturated heterocycles. The van der Waals surface area contributed by atoms with Crippen LogP contribution in [0.3, 0.4) is 0 Å². The molecule has 0 amide bonds. The van der Waals surface area contributed by atoms with Crippen LogP contribution in [0, 0.1) is 0 Å². The summed E-state index contributed by atoms with van der Waals surface area (Å²) in [6.07, 6.45) is 0.220. The predicted molar refractivity (Wildman–Crippen MR) is 62.1 cm³/mol. The average Bonchev–Trinajstić information content (AvgIpc) is 2.75. The van der Waals surface area contributed by atoms with Gasteiger partial charge in [-0.15, -0.1) is 5.10 Å². The summed E-state index contributed by atoms with van der Waals surface area (Å²) in [7, 11) is 1.76. The van der Waals surface area contributed by atoms with Crippen LogP contribution in [0.5, 0.6) is 0 Å². The number of nitrogens with zero attached hydrogens (tertiary/aromatic N) is 3. The van der Waals surface area contributed by atoms with Crippen LogP contribution in [0.25, 0.3) is 0 Å². The van der Waals surface area contributed by atoms with Crippen LogP contribution in [0.2, 0.25) is 0 Å². The first-order chi connectivity index (χ1) is 8.16. The van der Waals surface area contributed by atoms with Crippen LogP contribution in [0.4, 0.5) is 0 Å². The van der Waals surface area contributed by atoms with Crippen LogP contribution in [0.15, 0.2) is 36.5 Å². The van der Waals surface area contributed by atoms with Crippen molar-refractivity contribution in [2.24, 2.45) is 7.05 Å². The van der Waals surface area contributed by atoms with Gasteiger partial charge in [0.2, 0.25) is 0 Å². The van der Waals surface area contributed by atoms with Gasteiger partial charge in [0.25, 0.3) is 0 Å². The second-order valence-corrected chi connectivity index (χ2v) is 4.01. The highest BCUT2D eigenvalue weighted by atomic mass is 16.3. The molecule has 1 aromatic carbocycles. The number of benzene rings is 1. The van der Waals surface area contributed by atoms with E-state index in [1.54, 1.807) is 30.1 Å². The monoisotopic (exact) mass is 233 g/mol. The Hall–Kier alpha value is -1.72. The summed E-state index contributed by atoms with van der Waals surface area (Å²) in [5.41, 5.74) is 1.36. The lowest BCUT2D eigenvalue weighted by Crippen LogP contribution is -2.21. The zero-order valence-electron chi connectivity index (χ0n) is 9.56. The summed E-state index contributed by atoms with van der Waals surface area (Å²) >= 11 is 0. The number of aliphatic hydroxyl groups is 2. The topological polar surface area (TPSA) is 71.2 Å². The normalized spacial score (nSPS) is 14.5. The Kier molecular flexibility index (Phi) is 3.51. The highest BCUT2D eigenvalue weighted by Gasteiger charge is 2.19. The number of aliphatic hydroxyl groups excluding tert-OH is 2. The van der Waals surface area contributed by atoms with Gasteiger partial charge < -0.3 is 10.2 Å². The Morgan fingerprint density at radius 1 is 1.24 bits per heavy atom. The van der Waals surface area contributed by atoms with Crippen LogP contribution in [-0.4, -0.2) is 31.3 Å². The number of rotatable bonds is 4. The maximum atomic E-state index is 9.95. The average molecular weight is 233 g/mol. The van der Waals surface area contributed by atoms with E-state index in [-0.39, 0.29) is 6.42 Å². The van der Waals surface area contributed by atoms with E-state index in [4.69, 9.17) is 0 Å². The van der Waals surface area contributed by atoms with E-state index in [2.05, 4.69) is 10.3 Å². The van der Waals surface area contributed by atoms with Gasteiger partial charge in [0.05, 0.1) is 11.8 Å². The number of hydrogen-bond acceptors (Lipinski definition) is 4. The molecule has 0 aliphatic carbocycles. The van der Waals surface area contributed by atoms with E-state index in [0.717, 1.165) is 0 Å². The summed E-state index contributed by atoms with van der Waals surface area (Å²) < 4.78 is 1.57. The molecule has 5 heteroatoms. The van der Waals surface area contributed by atoms with Crippen molar-refractivity contribution in [1.82, 2.24) is 15.0 Å². The van der Waals surface area contributed by atoms with Crippen molar-refractivity contribution < 1.29 is 10.2 Å². The lowest BCUT2D eigenvalue weighted by Gasteiger charge is -2.16. The Balaban J connectivity index is 2.03. The molecule has 2 unspecified atom stereocenters. The van der Waals surface area contributed by atoms with E-state index in [0.29, 0.717) is 11.3 Å². The summed E-state index contributed by atoms with van der Waals surface area (Å²) in [5, 5.41) is 27.5. The van der Waals surface area contributed by atoms with E-state index in [1.165, 1.54) is 0 Å². The molecule has 0 bridgehead atoms. The Bertz CT molecular complexity index is 470. The van der Waals surface area contributed by atoms with E-state index in [1.807, 2.05) is 18.2 Å². The second-order valence-electron chi connectivity index (χ2n) is 4.01. The molecule has 0 radical (unpaired) electrons. The molecule has 90 valence electrons. The first-order valence-corrected chi connectivity index (χ1v) is 5.43. The fraction of sp³-hybridized carbons (Fsp3) is 0.333. The van der Waals surface area contributed by atoms with Gasteiger partial charge in [0.1, 0.15) is 6.10 Å². The van der Waals surface area contributed by atoms with Crippen molar-refractivity contribution in [2.75, 3.05) is 0 Å². The summed E-state index contributed by atoms with van der Waals surface area (Å²) in [4.78, 5) is 0. The quantitative estimate of drug-likeness (QED) is 0.804. The molecule has 0 aliphatic rings. The molecule has 5 nitrogen and oxygen atoms in total. The third-order valence-corrected chi connectivity index (χ3v) is 2.57. The standard InChI is InChI=1S/C12H15N3O2/c1-15-8-10(13-14-15)7-11(16)12(17)9-5-3-2-4-6-9/h2-6,8,11-12,16-17H,7H2,1H3. The number of hydrogen-bond donors (Lipinski definition) is 2. The molecule has 0 saturated carbocycles. The molecule has 0 aliphatic heterocycles. The van der Waals surface area contributed by atoms with Crippen molar-refractivity contribution in [1.29, 1.82) is 0 Å². The zero-order chi connectivity index (χ0) is 12.3. The van der Waals surface area contributed by atoms with Gasteiger partial charge in [0, 0.05) is 19.7 Å². The smallest absolute Gasteiger partial charge is 0.105 e. The van der Waals surface area contributed by atoms with Crippen molar-refractivity contribution in [3.63, 3.8) is 0 Å².